The molecule has 1 atom stereocenters. The number of benzene rings is 1. The summed E-state index contributed by atoms with van der Waals surface area (Å²) in [6.45, 7) is 5.20. The van der Waals surface area contributed by atoms with Gasteiger partial charge in [-0.1, -0.05) is 70.4 Å². The SMILES string of the molecule is CCCCCCCCCCCn1c(C(C)NC(=O)c2ccncc2)nc2ccccc21. The highest BCUT2D eigenvalue weighted by atomic mass is 16.1. The zero-order valence-corrected chi connectivity index (χ0v) is 19.0. The second-order valence-electron chi connectivity index (χ2n) is 8.37. The first-order valence-electron chi connectivity index (χ1n) is 11.9. The summed E-state index contributed by atoms with van der Waals surface area (Å²) in [5, 5.41) is 3.10. The summed E-state index contributed by atoms with van der Waals surface area (Å²) in [5.74, 6) is 0.819. The van der Waals surface area contributed by atoms with Gasteiger partial charge in [0.2, 0.25) is 0 Å². The first kappa shape index (κ1) is 23.0. The van der Waals surface area contributed by atoms with Crippen LogP contribution in [0.5, 0.6) is 0 Å². The van der Waals surface area contributed by atoms with Gasteiger partial charge in [-0.15, -0.1) is 0 Å². The van der Waals surface area contributed by atoms with Gasteiger partial charge in [0.25, 0.3) is 5.91 Å². The zero-order chi connectivity index (χ0) is 21.9. The van der Waals surface area contributed by atoms with Crippen molar-refractivity contribution in [2.75, 3.05) is 0 Å². The quantitative estimate of drug-likeness (QED) is 0.323. The lowest BCUT2D eigenvalue weighted by Crippen LogP contribution is -2.28. The van der Waals surface area contributed by atoms with Crippen molar-refractivity contribution in [1.82, 2.24) is 19.9 Å². The Morgan fingerprint density at radius 2 is 1.58 bits per heavy atom. The minimum atomic E-state index is -0.174. The number of hydrogen-bond acceptors (Lipinski definition) is 3. The molecule has 31 heavy (non-hydrogen) atoms. The molecule has 1 N–H and O–H groups in total. The highest BCUT2D eigenvalue weighted by Gasteiger charge is 2.18. The van der Waals surface area contributed by atoms with Crippen molar-refractivity contribution < 1.29 is 4.79 Å². The molecule has 0 fully saturated rings. The number of carbonyl (C=O) groups excluding carboxylic acids is 1. The summed E-state index contributed by atoms with van der Waals surface area (Å²) in [4.78, 5) is 21.4. The molecule has 0 bridgehead atoms. The number of pyridine rings is 1. The Morgan fingerprint density at radius 1 is 0.935 bits per heavy atom. The summed E-state index contributed by atoms with van der Waals surface area (Å²) >= 11 is 0. The van der Waals surface area contributed by atoms with Gasteiger partial charge in [-0.3, -0.25) is 9.78 Å². The maximum Gasteiger partial charge on any atom is 0.251 e. The topological polar surface area (TPSA) is 59.8 Å². The second-order valence-corrected chi connectivity index (χ2v) is 8.37. The average molecular weight is 421 g/mol. The minimum absolute atomic E-state index is 0.100. The Kier molecular flexibility index (Phi) is 9.07. The van der Waals surface area contributed by atoms with Crippen molar-refractivity contribution in [3.05, 3.63) is 60.2 Å². The first-order chi connectivity index (χ1) is 15.2. The van der Waals surface area contributed by atoms with Crippen LogP contribution >= 0.6 is 0 Å². The van der Waals surface area contributed by atoms with Gasteiger partial charge in [0.1, 0.15) is 5.82 Å². The smallest absolute Gasteiger partial charge is 0.251 e. The van der Waals surface area contributed by atoms with Gasteiger partial charge in [-0.2, -0.15) is 0 Å². The molecule has 1 unspecified atom stereocenters. The molecule has 0 aliphatic heterocycles. The molecule has 5 nitrogen and oxygen atoms in total. The van der Waals surface area contributed by atoms with Gasteiger partial charge >= 0.3 is 0 Å². The third-order valence-corrected chi connectivity index (χ3v) is 5.85. The molecule has 0 aliphatic carbocycles. The molecular weight excluding hydrogens is 384 g/mol. The fraction of sp³-hybridized carbons (Fsp3) is 0.500. The number of aryl methyl sites for hydroxylation is 1. The number of nitrogens with zero attached hydrogens (tertiary/aromatic N) is 3. The number of imidazole rings is 1. The van der Waals surface area contributed by atoms with Crippen LogP contribution in [0.2, 0.25) is 0 Å². The van der Waals surface area contributed by atoms with E-state index in [0.29, 0.717) is 5.56 Å². The first-order valence-corrected chi connectivity index (χ1v) is 11.9. The number of rotatable bonds is 13. The number of nitrogens with one attached hydrogen (secondary N) is 1. The van der Waals surface area contributed by atoms with Crippen molar-refractivity contribution in [2.45, 2.75) is 84.2 Å². The van der Waals surface area contributed by atoms with Crippen LogP contribution in [0.1, 0.15) is 93.9 Å². The molecule has 5 heteroatoms. The Balaban J connectivity index is 1.58. The number of para-hydroxylation sites is 2. The van der Waals surface area contributed by atoms with Gasteiger partial charge in [0, 0.05) is 24.5 Å². The number of amides is 1. The molecule has 0 saturated heterocycles. The van der Waals surface area contributed by atoms with Crippen molar-refractivity contribution in [2.24, 2.45) is 0 Å². The van der Waals surface area contributed by atoms with Crippen LogP contribution in [0.4, 0.5) is 0 Å². The molecule has 1 aromatic carbocycles. The molecule has 2 aromatic heterocycles. The molecule has 3 rings (SSSR count). The van der Waals surface area contributed by atoms with E-state index < -0.39 is 0 Å². The molecule has 2 heterocycles. The molecule has 166 valence electrons. The number of unbranched alkanes of at least 4 members (excludes halogenated alkanes) is 8. The lowest BCUT2D eigenvalue weighted by molar-refractivity contribution is 0.0937. The van der Waals surface area contributed by atoms with E-state index >= 15 is 0 Å². The summed E-state index contributed by atoms with van der Waals surface area (Å²) in [6.07, 6.45) is 15.1. The Labute approximate surface area is 186 Å². The van der Waals surface area contributed by atoms with Crippen molar-refractivity contribution in [3.8, 4) is 0 Å². The van der Waals surface area contributed by atoms with Crippen molar-refractivity contribution in [3.63, 3.8) is 0 Å². The Morgan fingerprint density at radius 3 is 2.29 bits per heavy atom. The second kappa shape index (κ2) is 12.2. The van der Waals surface area contributed by atoms with Crippen molar-refractivity contribution in [1.29, 1.82) is 0 Å². The molecule has 0 radical (unpaired) electrons. The van der Waals surface area contributed by atoms with Gasteiger partial charge in [-0.25, -0.2) is 4.98 Å². The van der Waals surface area contributed by atoms with E-state index in [0.717, 1.165) is 29.8 Å². The molecule has 0 aliphatic rings. The molecular formula is C26H36N4O. The lowest BCUT2D eigenvalue weighted by atomic mass is 10.1. The predicted octanol–water partition coefficient (Wildman–Crippen LogP) is 6.45. The monoisotopic (exact) mass is 420 g/mol. The van der Waals surface area contributed by atoms with Crippen LogP contribution < -0.4 is 5.32 Å². The number of hydrogen-bond donors (Lipinski definition) is 1. The number of carbonyl (C=O) groups is 1. The van der Waals surface area contributed by atoms with E-state index in [9.17, 15) is 4.79 Å². The van der Waals surface area contributed by atoms with E-state index in [1.807, 2.05) is 19.1 Å². The zero-order valence-electron chi connectivity index (χ0n) is 19.0. The van der Waals surface area contributed by atoms with Gasteiger partial charge < -0.3 is 9.88 Å². The van der Waals surface area contributed by atoms with E-state index in [-0.39, 0.29) is 11.9 Å². The van der Waals surface area contributed by atoms with E-state index in [2.05, 4.69) is 33.9 Å². The summed E-state index contributed by atoms with van der Waals surface area (Å²) < 4.78 is 2.29. The average Bonchev–Trinajstić information content (AvgIpc) is 3.17. The predicted molar refractivity (Wildman–Crippen MR) is 127 cm³/mol. The largest absolute Gasteiger partial charge is 0.342 e. The molecule has 3 aromatic rings. The van der Waals surface area contributed by atoms with E-state index in [1.165, 1.54) is 51.4 Å². The fourth-order valence-electron chi connectivity index (χ4n) is 4.09. The van der Waals surface area contributed by atoms with Crippen LogP contribution in [0.3, 0.4) is 0 Å². The molecule has 0 spiro atoms. The van der Waals surface area contributed by atoms with E-state index in [4.69, 9.17) is 4.98 Å². The van der Waals surface area contributed by atoms with Crippen molar-refractivity contribution >= 4 is 16.9 Å². The third-order valence-electron chi connectivity index (χ3n) is 5.85. The van der Waals surface area contributed by atoms with Crippen LogP contribution in [0.15, 0.2) is 48.8 Å². The lowest BCUT2D eigenvalue weighted by Gasteiger charge is -2.16. The minimum Gasteiger partial charge on any atom is -0.342 e. The summed E-state index contributed by atoms with van der Waals surface area (Å²) in [7, 11) is 0. The normalized spacial score (nSPS) is 12.2. The highest BCUT2D eigenvalue weighted by Crippen LogP contribution is 2.22. The van der Waals surface area contributed by atoms with E-state index in [1.54, 1.807) is 24.5 Å². The Hall–Kier alpha value is -2.69. The maximum absolute atomic E-state index is 12.6. The summed E-state index contributed by atoms with van der Waals surface area (Å²) in [6, 6.07) is 11.5. The highest BCUT2D eigenvalue weighted by molar-refractivity contribution is 5.94. The van der Waals surface area contributed by atoms with Crippen LogP contribution in [0, 0.1) is 0 Å². The van der Waals surface area contributed by atoms with Gasteiger partial charge in [-0.05, 0) is 37.6 Å². The molecule has 1 amide bonds. The number of fused-ring (bicyclic) bond motifs is 1. The summed E-state index contributed by atoms with van der Waals surface area (Å²) in [5.41, 5.74) is 2.74. The number of aromatic nitrogens is 3. The van der Waals surface area contributed by atoms with Gasteiger partial charge in [0.05, 0.1) is 17.1 Å². The van der Waals surface area contributed by atoms with Crippen LogP contribution in [-0.2, 0) is 6.54 Å². The Bertz CT molecular complexity index is 935. The fourth-order valence-corrected chi connectivity index (χ4v) is 4.09. The maximum atomic E-state index is 12.6. The van der Waals surface area contributed by atoms with Crippen LogP contribution in [0.25, 0.3) is 11.0 Å². The third kappa shape index (κ3) is 6.65. The van der Waals surface area contributed by atoms with Crippen LogP contribution in [-0.4, -0.2) is 20.4 Å². The van der Waals surface area contributed by atoms with Gasteiger partial charge in [0.15, 0.2) is 0 Å². The molecule has 0 saturated carbocycles. The standard InChI is InChI=1S/C26H36N4O/c1-3-4-5-6-7-8-9-10-13-20-30-24-15-12-11-14-23(24)29-25(30)21(2)28-26(31)22-16-18-27-19-17-22/h11-12,14-19,21H,3-10,13,20H2,1-2H3,(H,28,31).